The Hall–Kier alpha value is -0.720. The highest BCUT2D eigenvalue weighted by molar-refractivity contribution is 5.35. The highest BCUT2D eigenvalue weighted by atomic mass is 14.9. The predicted molar refractivity (Wildman–Crippen MR) is 69.9 cm³/mol. The highest BCUT2D eigenvalue weighted by Gasteiger charge is 2.19. The van der Waals surface area contributed by atoms with Gasteiger partial charge < -0.3 is 5.32 Å². The molecule has 0 radical (unpaired) electrons. The minimum Gasteiger partial charge on any atom is -0.385 e. The molecule has 1 saturated heterocycles. The molecule has 0 aromatic rings. The fourth-order valence-electron chi connectivity index (χ4n) is 1.91. The molecule has 15 heavy (non-hydrogen) atoms. The van der Waals surface area contributed by atoms with Crippen LogP contribution in [0.2, 0.25) is 0 Å². The molecule has 1 unspecified atom stereocenters. The van der Waals surface area contributed by atoms with Gasteiger partial charge in [-0.25, -0.2) is 0 Å². The molecule has 0 bridgehead atoms. The van der Waals surface area contributed by atoms with Crippen LogP contribution in [0.4, 0.5) is 0 Å². The third-order valence-electron chi connectivity index (χ3n) is 2.61. The fourth-order valence-corrected chi connectivity index (χ4v) is 1.91. The normalized spacial score (nSPS) is 22.6. The van der Waals surface area contributed by atoms with Crippen LogP contribution < -0.4 is 5.32 Å². The van der Waals surface area contributed by atoms with Crippen LogP contribution in [0.25, 0.3) is 0 Å². The molecule has 1 N–H and O–H groups in total. The molecule has 1 aliphatic heterocycles. The summed E-state index contributed by atoms with van der Waals surface area (Å²) in [6.45, 7) is 11.5. The summed E-state index contributed by atoms with van der Waals surface area (Å²) in [7, 11) is 0. The number of allylic oxidation sites excluding steroid dienone is 3. The van der Waals surface area contributed by atoms with Gasteiger partial charge in [0.25, 0.3) is 0 Å². The maximum Gasteiger partial charge on any atom is 0.0331 e. The topological polar surface area (TPSA) is 12.0 Å². The van der Waals surface area contributed by atoms with Gasteiger partial charge in [-0.2, -0.15) is 0 Å². The SMILES string of the molecule is CC.CC.CC1CCNC2=CCCC=C21. The van der Waals surface area contributed by atoms with Crippen molar-refractivity contribution in [2.75, 3.05) is 6.54 Å². The lowest BCUT2D eigenvalue weighted by Crippen LogP contribution is -2.28. The summed E-state index contributed by atoms with van der Waals surface area (Å²) >= 11 is 0. The van der Waals surface area contributed by atoms with Crippen molar-refractivity contribution in [3.05, 3.63) is 23.4 Å². The Morgan fingerprint density at radius 1 is 1.07 bits per heavy atom. The number of hydrogen-bond acceptors (Lipinski definition) is 1. The molecule has 1 fully saturated rings. The summed E-state index contributed by atoms with van der Waals surface area (Å²) in [4.78, 5) is 0. The Morgan fingerprint density at radius 3 is 2.27 bits per heavy atom. The summed E-state index contributed by atoms with van der Waals surface area (Å²) in [5.41, 5.74) is 2.97. The lowest BCUT2D eigenvalue weighted by atomic mass is 9.87. The smallest absolute Gasteiger partial charge is 0.0331 e. The highest BCUT2D eigenvalue weighted by Crippen LogP contribution is 2.28. The summed E-state index contributed by atoms with van der Waals surface area (Å²) in [5, 5.41) is 3.44. The number of hydrogen-bond donors (Lipinski definition) is 1. The largest absolute Gasteiger partial charge is 0.385 e. The van der Waals surface area contributed by atoms with Crippen molar-refractivity contribution in [3.63, 3.8) is 0 Å². The van der Waals surface area contributed by atoms with Crippen LogP contribution in [-0.2, 0) is 0 Å². The Labute approximate surface area is 95.7 Å². The van der Waals surface area contributed by atoms with Gasteiger partial charge in [0.1, 0.15) is 0 Å². The van der Waals surface area contributed by atoms with E-state index in [2.05, 4.69) is 24.4 Å². The summed E-state index contributed by atoms with van der Waals surface area (Å²) in [5.74, 6) is 0.780. The van der Waals surface area contributed by atoms with Crippen LogP contribution in [0.15, 0.2) is 23.4 Å². The van der Waals surface area contributed by atoms with Gasteiger partial charge in [0.05, 0.1) is 0 Å². The minimum absolute atomic E-state index is 0.780. The second-order valence-electron chi connectivity index (χ2n) is 3.47. The maximum atomic E-state index is 3.44. The van der Waals surface area contributed by atoms with Crippen molar-refractivity contribution in [3.8, 4) is 0 Å². The average molecular weight is 209 g/mol. The standard InChI is InChI=1S/C10H15N.2C2H6/c1-8-6-7-11-10-5-3-2-4-9(8)10;2*1-2/h4-5,8,11H,2-3,6-7H2,1H3;2*1-2H3. The zero-order chi connectivity index (χ0) is 11.7. The molecule has 1 nitrogen and oxygen atoms in total. The average Bonchev–Trinajstić information content (AvgIpc) is 2.35. The Bertz CT molecular complexity index is 213. The van der Waals surface area contributed by atoms with Gasteiger partial charge in [-0.3, -0.25) is 0 Å². The van der Waals surface area contributed by atoms with E-state index in [1.165, 1.54) is 25.0 Å². The zero-order valence-corrected chi connectivity index (χ0v) is 11.1. The van der Waals surface area contributed by atoms with E-state index in [1.807, 2.05) is 27.7 Å². The fraction of sp³-hybridized carbons (Fsp3) is 0.714. The van der Waals surface area contributed by atoms with E-state index in [4.69, 9.17) is 0 Å². The molecule has 0 saturated carbocycles. The van der Waals surface area contributed by atoms with Crippen LogP contribution in [-0.4, -0.2) is 6.54 Å². The van der Waals surface area contributed by atoms with E-state index in [-0.39, 0.29) is 0 Å². The van der Waals surface area contributed by atoms with Gasteiger partial charge in [0.15, 0.2) is 0 Å². The van der Waals surface area contributed by atoms with Gasteiger partial charge in [-0.1, -0.05) is 46.8 Å². The van der Waals surface area contributed by atoms with Gasteiger partial charge in [-0.05, 0) is 30.8 Å². The van der Waals surface area contributed by atoms with Crippen LogP contribution in [0, 0.1) is 5.92 Å². The van der Waals surface area contributed by atoms with E-state index in [9.17, 15) is 0 Å². The quantitative estimate of drug-likeness (QED) is 0.628. The second kappa shape index (κ2) is 8.58. The van der Waals surface area contributed by atoms with Gasteiger partial charge >= 0.3 is 0 Å². The van der Waals surface area contributed by atoms with Crippen molar-refractivity contribution >= 4 is 0 Å². The van der Waals surface area contributed by atoms with Crippen LogP contribution in [0.1, 0.15) is 53.9 Å². The van der Waals surface area contributed by atoms with E-state index < -0.39 is 0 Å². The van der Waals surface area contributed by atoms with E-state index >= 15 is 0 Å². The van der Waals surface area contributed by atoms with E-state index in [0.29, 0.717) is 0 Å². The number of nitrogens with one attached hydrogen (secondary N) is 1. The summed E-state index contributed by atoms with van der Waals surface area (Å²) in [6.07, 6.45) is 8.49. The number of fused-ring (bicyclic) bond motifs is 1. The molecular formula is C14H27N. The Morgan fingerprint density at radius 2 is 1.67 bits per heavy atom. The zero-order valence-electron chi connectivity index (χ0n) is 11.1. The van der Waals surface area contributed by atoms with Crippen molar-refractivity contribution in [2.45, 2.75) is 53.9 Å². The first kappa shape index (κ1) is 14.3. The van der Waals surface area contributed by atoms with Crippen LogP contribution in [0.5, 0.6) is 0 Å². The molecule has 0 aromatic heterocycles. The predicted octanol–water partition coefficient (Wildman–Crippen LogP) is 4.27. The summed E-state index contributed by atoms with van der Waals surface area (Å²) < 4.78 is 0. The van der Waals surface area contributed by atoms with Crippen molar-refractivity contribution in [2.24, 2.45) is 5.92 Å². The third-order valence-corrected chi connectivity index (χ3v) is 2.61. The Kier molecular flexibility index (Phi) is 8.17. The first-order valence-corrected chi connectivity index (χ1v) is 6.52. The minimum atomic E-state index is 0.780. The van der Waals surface area contributed by atoms with Crippen molar-refractivity contribution < 1.29 is 0 Å². The van der Waals surface area contributed by atoms with Crippen LogP contribution in [0.3, 0.4) is 0 Å². The van der Waals surface area contributed by atoms with Crippen LogP contribution >= 0.6 is 0 Å². The second-order valence-corrected chi connectivity index (χ2v) is 3.47. The maximum absolute atomic E-state index is 3.44. The number of piperidine rings is 1. The van der Waals surface area contributed by atoms with Crippen molar-refractivity contribution in [1.29, 1.82) is 0 Å². The number of rotatable bonds is 0. The van der Waals surface area contributed by atoms with E-state index in [1.54, 1.807) is 5.57 Å². The molecular weight excluding hydrogens is 182 g/mol. The first-order chi connectivity index (χ1) is 7.38. The summed E-state index contributed by atoms with van der Waals surface area (Å²) in [6, 6.07) is 0. The van der Waals surface area contributed by atoms with Crippen molar-refractivity contribution in [1.82, 2.24) is 5.32 Å². The molecule has 0 spiro atoms. The molecule has 2 rings (SSSR count). The molecule has 88 valence electrons. The molecule has 1 atom stereocenters. The monoisotopic (exact) mass is 209 g/mol. The lowest BCUT2D eigenvalue weighted by molar-refractivity contribution is 0.530. The third kappa shape index (κ3) is 4.11. The molecule has 0 aromatic carbocycles. The molecule has 1 heterocycles. The molecule has 1 heteroatoms. The van der Waals surface area contributed by atoms with Gasteiger partial charge in [0, 0.05) is 12.2 Å². The first-order valence-electron chi connectivity index (χ1n) is 6.52. The van der Waals surface area contributed by atoms with Gasteiger partial charge in [-0.15, -0.1) is 0 Å². The molecule has 1 aliphatic carbocycles. The Balaban J connectivity index is 0.000000442. The lowest BCUT2D eigenvalue weighted by Gasteiger charge is -2.28. The molecule has 2 aliphatic rings. The van der Waals surface area contributed by atoms with Gasteiger partial charge in [0.2, 0.25) is 0 Å². The molecule has 0 amide bonds. The van der Waals surface area contributed by atoms with E-state index in [0.717, 1.165) is 12.5 Å².